The molecule has 3 rings (SSSR count). The second-order valence-corrected chi connectivity index (χ2v) is 6.86. The van der Waals surface area contributed by atoms with Gasteiger partial charge in [0, 0.05) is 24.0 Å². The molecule has 26 heavy (non-hydrogen) atoms. The molecule has 2 aromatic rings. The Morgan fingerprint density at radius 2 is 2.00 bits per heavy atom. The Kier molecular flexibility index (Phi) is 5.29. The molecule has 2 N–H and O–H groups in total. The third-order valence-corrected chi connectivity index (χ3v) is 4.55. The van der Waals surface area contributed by atoms with E-state index in [0.29, 0.717) is 18.8 Å². The molecule has 0 bridgehead atoms. The average molecular weight is 359 g/mol. The number of morpholine rings is 1. The van der Waals surface area contributed by atoms with Crippen LogP contribution in [0.1, 0.15) is 29.9 Å². The molecule has 2 atom stereocenters. The number of nitrogens with zero attached hydrogens (tertiary/aromatic N) is 1. The van der Waals surface area contributed by atoms with E-state index in [4.69, 9.17) is 9.47 Å². The minimum absolute atomic E-state index is 0.0903. The number of carbonyl (C=O) groups excluding carboxylic acids is 2. The number of aryl methyl sites for hydroxylation is 1. The van der Waals surface area contributed by atoms with Crippen LogP contribution in [0.25, 0.3) is 10.9 Å². The second-order valence-electron chi connectivity index (χ2n) is 6.86. The van der Waals surface area contributed by atoms with E-state index < -0.39 is 5.97 Å². The molecule has 2 heterocycles. The van der Waals surface area contributed by atoms with Gasteiger partial charge in [-0.05, 0) is 32.4 Å². The van der Waals surface area contributed by atoms with Crippen LogP contribution in [-0.2, 0) is 14.3 Å². The van der Waals surface area contributed by atoms with E-state index in [0.717, 1.165) is 16.5 Å². The van der Waals surface area contributed by atoms with Crippen molar-refractivity contribution in [3.63, 3.8) is 0 Å². The highest BCUT2D eigenvalue weighted by atomic mass is 16.5. The predicted octanol–water partition coefficient (Wildman–Crippen LogP) is 2.31. The molecule has 0 aliphatic carbocycles. The third kappa shape index (κ3) is 3.73. The number of aromatic amines is 1. The molecule has 0 radical (unpaired) electrons. The van der Waals surface area contributed by atoms with Crippen molar-refractivity contribution in [2.75, 3.05) is 32.1 Å². The van der Waals surface area contributed by atoms with Gasteiger partial charge in [-0.25, -0.2) is 4.79 Å². The van der Waals surface area contributed by atoms with Gasteiger partial charge in [0.1, 0.15) is 5.69 Å². The second kappa shape index (κ2) is 7.47. The number of H-pyrrole nitrogens is 1. The summed E-state index contributed by atoms with van der Waals surface area (Å²) < 4.78 is 10.6. The number of carbonyl (C=O) groups is 2. The highest BCUT2D eigenvalue weighted by molar-refractivity contribution is 6.12. The molecule has 1 saturated heterocycles. The highest BCUT2D eigenvalue weighted by Gasteiger charge is 2.26. The standard InChI is InChI=1S/C19H25N3O4/c1-11-6-5-7-14-16(11)17(18(20-14)19(24)25-4)21-15(23)10-22-8-12(2)26-13(3)9-22/h5-7,12-13,20H,8-10H2,1-4H3,(H,21,23). The van der Waals surface area contributed by atoms with Crippen LogP contribution in [0.3, 0.4) is 0 Å². The number of ether oxygens (including phenoxy) is 2. The molecule has 1 aromatic heterocycles. The van der Waals surface area contributed by atoms with E-state index in [1.807, 2.05) is 39.0 Å². The number of fused-ring (bicyclic) bond motifs is 1. The first-order valence-electron chi connectivity index (χ1n) is 8.76. The van der Waals surface area contributed by atoms with Crippen LogP contribution in [-0.4, -0.2) is 60.7 Å². The van der Waals surface area contributed by atoms with Crippen LogP contribution in [0, 0.1) is 6.92 Å². The van der Waals surface area contributed by atoms with Crippen LogP contribution in [0.4, 0.5) is 5.69 Å². The lowest BCUT2D eigenvalue weighted by atomic mass is 10.1. The number of hydrogen-bond donors (Lipinski definition) is 2. The third-order valence-electron chi connectivity index (χ3n) is 4.55. The van der Waals surface area contributed by atoms with Crippen molar-refractivity contribution in [3.8, 4) is 0 Å². The number of methoxy groups -OCH3 is 1. The lowest BCUT2D eigenvalue weighted by Crippen LogP contribution is -2.48. The number of anilines is 1. The number of benzene rings is 1. The Balaban J connectivity index is 1.85. The van der Waals surface area contributed by atoms with Gasteiger partial charge in [-0.15, -0.1) is 0 Å². The van der Waals surface area contributed by atoms with Crippen molar-refractivity contribution < 1.29 is 19.1 Å². The average Bonchev–Trinajstić information content (AvgIpc) is 2.92. The Morgan fingerprint density at radius 3 is 2.65 bits per heavy atom. The van der Waals surface area contributed by atoms with Gasteiger partial charge in [0.25, 0.3) is 0 Å². The van der Waals surface area contributed by atoms with Gasteiger partial charge in [0.15, 0.2) is 0 Å². The number of amides is 1. The normalized spacial score (nSPS) is 20.9. The molecule has 1 amide bonds. The van der Waals surface area contributed by atoms with Gasteiger partial charge >= 0.3 is 5.97 Å². The molecule has 1 fully saturated rings. The monoisotopic (exact) mass is 359 g/mol. The molecule has 7 heteroatoms. The SMILES string of the molecule is COC(=O)c1[nH]c2cccc(C)c2c1NC(=O)CN1CC(C)OC(C)C1. The van der Waals surface area contributed by atoms with Crippen LogP contribution in [0.2, 0.25) is 0 Å². The van der Waals surface area contributed by atoms with Gasteiger partial charge in [0.05, 0.1) is 31.5 Å². The summed E-state index contributed by atoms with van der Waals surface area (Å²) in [5.74, 6) is -0.676. The highest BCUT2D eigenvalue weighted by Crippen LogP contribution is 2.31. The van der Waals surface area contributed by atoms with Gasteiger partial charge in [-0.1, -0.05) is 12.1 Å². The smallest absolute Gasteiger partial charge is 0.356 e. The number of hydrogen-bond acceptors (Lipinski definition) is 5. The zero-order valence-electron chi connectivity index (χ0n) is 15.6. The first-order valence-corrected chi connectivity index (χ1v) is 8.76. The predicted molar refractivity (Wildman–Crippen MR) is 99.5 cm³/mol. The van der Waals surface area contributed by atoms with Gasteiger partial charge in [-0.2, -0.15) is 0 Å². The van der Waals surface area contributed by atoms with Gasteiger partial charge < -0.3 is 19.8 Å². The summed E-state index contributed by atoms with van der Waals surface area (Å²) in [6.45, 7) is 7.59. The molecule has 140 valence electrons. The minimum Gasteiger partial charge on any atom is -0.464 e. The van der Waals surface area contributed by atoms with Crippen molar-refractivity contribution in [1.82, 2.24) is 9.88 Å². The minimum atomic E-state index is -0.510. The molecule has 2 unspecified atom stereocenters. The number of nitrogens with one attached hydrogen (secondary N) is 2. The fourth-order valence-electron chi connectivity index (χ4n) is 3.60. The van der Waals surface area contributed by atoms with E-state index >= 15 is 0 Å². The molecule has 7 nitrogen and oxygen atoms in total. The Morgan fingerprint density at radius 1 is 1.31 bits per heavy atom. The molecule has 0 spiro atoms. The van der Waals surface area contributed by atoms with Crippen molar-refractivity contribution in [2.45, 2.75) is 33.0 Å². The first kappa shape index (κ1) is 18.4. The van der Waals surface area contributed by atoms with Gasteiger partial charge in [0.2, 0.25) is 5.91 Å². The molecular formula is C19H25N3O4. The maximum absolute atomic E-state index is 12.7. The summed E-state index contributed by atoms with van der Waals surface area (Å²) in [5, 5.41) is 3.74. The van der Waals surface area contributed by atoms with Gasteiger partial charge in [-0.3, -0.25) is 9.69 Å². The summed E-state index contributed by atoms with van der Waals surface area (Å²) in [6, 6.07) is 5.71. The zero-order chi connectivity index (χ0) is 18.8. The largest absolute Gasteiger partial charge is 0.464 e. The Labute approximate surface area is 152 Å². The van der Waals surface area contributed by atoms with E-state index in [-0.39, 0.29) is 30.4 Å². The van der Waals surface area contributed by atoms with Crippen molar-refractivity contribution >= 4 is 28.5 Å². The van der Waals surface area contributed by atoms with Crippen molar-refractivity contribution in [3.05, 3.63) is 29.5 Å². The summed E-state index contributed by atoms with van der Waals surface area (Å²) >= 11 is 0. The molecule has 1 aromatic carbocycles. The topological polar surface area (TPSA) is 83.7 Å². The summed E-state index contributed by atoms with van der Waals surface area (Å²) in [4.78, 5) is 29.9. The first-order chi connectivity index (χ1) is 12.4. The Bertz CT molecular complexity index is 820. The fourth-order valence-corrected chi connectivity index (χ4v) is 3.60. The summed E-state index contributed by atoms with van der Waals surface area (Å²) in [6.07, 6.45) is 0.181. The maximum Gasteiger partial charge on any atom is 0.356 e. The lowest BCUT2D eigenvalue weighted by Gasteiger charge is -2.34. The number of rotatable bonds is 4. The fraction of sp³-hybridized carbons (Fsp3) is 0.474. The number of aromatic nitrogens is 1. The lowest BCUT2D eigenvalue weighted by molar-refractivity contribution is -0.121. The van der Waals surface area contributed by atoms with Crippen LogP contribution < -0.4 is 5.32 Å². The molecular weight excluding hydrogens is 334 g/mol. The maximum atomic E-state index is 12.7. The molecule has 1 aliphatic rings. The summed E-state index contributed by atoms with van der Waals surface area (Å²) in [5.41, 5.74) is 2.49. The Hall–Kier alpha value is -2.38. The molecule has 1 aliphatic heterocycles. The van der Waals surface area contributed by atoms with E-state index in [1.54, 1.807) is 0 Å². The van der Waals surface area contributed by atoms with E-state index in [9.17, 15) is 9.59 Å². The number of esters is 1. The van der Waals surface area contributed by atoms with Crippen LogP contribution in [0.5, 0.6) is 0 Å². The van der Waals surface area contributed by atoms with Crippen LogP contribution in [0.15, 0.2) is 18.2 Å². The summed E-state index contributed by atoms with van der Waals surface area (Å²) in [7, 11) is 1.32. The van der Waals surface area contributed by atoms with E-state index in [1.165, 1.54) is 7.11 Å². The van der Waals surface area contributed by atoms with Crippen LogP contribution >= 0.6 is 0 Å². The quantitative estimate of drug-likeness (QED) is 0.819. The zero-order valence-corrected chi connectivity index (χ0v) is 15.6. The van der Waals surface area contributed by atoms with Crippen molar-refractivity contribution in [1.29, 1.82) is 0 Å². The van der Waals surface area contributed by atoms with E-state index in [2.05, 4.69) is 15.2 Å². The molecule has 0 saturated carbocycles. The van der Waals surface area contributed by atoms with Crippen molar-refractivity contribution in [2.24, 2.45) is 0 Å².